The van der Waals surface area contributed by atoms with Crippen molar-refractivity contribution in [2.45, 2.75) is 6.54 Å². The van der Waals surface area contributed by atoms with Gasteiger partial charge in [0.15, 0.2) is 0 Å². The summed E-state index contributed by atoms with van der Waals surface area (Å²) in [7, 11) is 0. The number of para-hydroxylation sites is 1. The zero-order chi connectivity index (χ0) is 13.9. The number of nitrogens with one attached hydrogen (secondary N) is 2. The molecule has 20 heavy (non-hydrogen) atoms. The number of aromatic nitrogens is 1. The predicted molar refractivity (Wildman–Crippen MR) is 80.6 cm³/mol. The number of H-pyrrole nitrogens is 1. The maximum atomic E-state index is 12.3. The Balaban J connectivity index is 1.88. The van der Waals surface area contributed by atoms with Gasteiger partial charge in [0.2, 0.25) is 0 Å². The van der Waals surface area contributed by atoms with Crippen LogP contribution in [-0.4, -0.2) is 10.9 Å². The van der Waals surface area contributed by atoms with Crippen molar-refractivity contribution in [1.82, 2.24) is 4.98 Å². The number of carbonyl (C=O) groups excluding carboxylic acids is 1. The minimum atomic E-state index is -0.131. The molecule has 2 aromatic carbocycles. The van der Waals surface area contributed by atoms with Crippen molar-refractivity contribution in [3.63, 3.8) is 0 Å². The summed E-state index contributed by atoms with van der Waals surface area (Å²) in [5.74, 6) is -0.131. The summed E-state index contributed by atoms with van der Waals surface area (Å²) in [4.78, 5) is 15.4. The molecule has 0 bridgehead atoms. The van der Waals surface area contributed by atoms with Crippen LogP contribution in [-0.2, 0) is 6.54 Å². The van der Waals surface area contributed by atoms with Crippen molar-refractivity contribution in [3.05, 3.63) is 65.9 Å². The lowest BCUT2D eigenvalue weighted by atomic mass is 10.1. The molecular weight excluding hydrogens is 250 g/mol. The fraction of sp³-hybridized carbons (Fsp3) is 0.0625. The lowest BCUT2D eigenvalue weighted by Crippen LogP contribution is -2.14. The van der Waals surface area contributed by atoms with Gasteiger partial charge in [-0.25, -0.2) is 0 Å². The predicted octanol–water partition coefficient (Wildman–Crippen LogP) is 2.88. The molecule has 1 amide bonds. The van der Waals surface area contributed by atoms with Gasteiger partial charge in [-0.2, -0.15) is 0 Å². The normalized spacial score (nSPS) is 10.7. The van der Waals surface area contributed by atoms with Crippen molar-refractivity contribution in [2.75, 3.05) is 5.32 Å². The standard InChI is InChI=1S/C16H15N3O/c17-10-13-3-1-2-4-15(13)19-16(20)12-5-6-14-11(9-12)7-8-18-14/h1-9,18H,10,17H2,(H,19,20). The van der Waals surface area contributed by atoms with Crippen LogP contribution in [0.1, 0.15) is 15.9 Å². The molecule has 0 atom stereocenters. The molecule has 4 heteroatoms. The Labute approximate surface area is 116 Å². The molecule has 0 spiro atoms. The molecule has 3 rings (SSSR count). The minimum Gasteiger partial charge on any atom is -0.361 e. The Morgan fingerprint density at radius 1 is 1.15 bits per heavy atom. The molecule has 0 aliphatic heterocycles. The first kappa shape index (κ1) is 12.4. The quantitative estimate of drug-likeness (QED) is 0.681. The van der Waals surface area contributed by atoms with E-state index in [1.54, 1.807) is 6.07 Å². The van der Waals surface area contributed by atoms with Gasteiger partial charge >= 0.3 is 0 Å². The van der Waals surface area contributed by atoms with Crippen LogP contribution in [0.5, 0.6) is 0 Å². The average molecular weight is 265 g/mol. The van der Waals surface area contributed by atoms with Gasteiger partial charge in [-0.15, -0.1) is 0 Å². The Bertz CT molecular complexity index is 761. The molecule has 4 nitrogen and oxygen atoms in total. The Morgan fingerprint density at radius 3 is 2.85 bits per heavy atom. The highest BCUT2D eigenvalue weighted by atomic mass is 16.1. The number of fused-ring (bicyclic) bond motifs is 1. The first-order chi connectivity index (χ1) is 9.78. The van der Waals surface area contributed by atoms with E-state index in [-0.39, 0.29) is 5.91 Å². The minimum absolute atomic E-state index is 0.131. The molecule has 100 valence electrons. The van der Waals surface area contributed by atoms with E-state index in [1.807, 2.05) is 48.7 Å². The Hall–Kier alpha value is -2.59. The maximum absolute atomic E-state index is 12.3. The molecule has 0 radical (unpaired) electrons. The number of hydrogen-bond donors (Lipinski definition) is 3. The van der Waals surface area contributed by atoms with E-state index in [9.17, 15) is 4.79 Å². The highest BCUT2D eigenvalue weighted by Gasteiger charge is 2.09. The second kappa shape index (κ2) is 5.19. The van der Waals surface area contributed by atoms with Crippen LogP contribution in [0, 0.1) is 0 Å². The van der Waals surface area contributed by atoms with Crippen molar-refractivity contribution in [1.29, 1.82) is 0 Å². The van der Waals surface area contributed by atoms with Gasteiger partial charge in [-0.1, -0.05) is 18.2 Å². The van der Waals surface area contributed by atoms with E-state index in [0.717, 1.165) is 22.2 Å². The molecule has 1 aromatic heterocycles. The van der Waals surface area contributed by atoms with Crippen LogP contribution in [0.2, 0.25) is 0 Å². The summed E-state index contributed by atoms with van der Waals surface area (Å²) in [5.41, 5.74) is 8.99. The van der Waals surface area contributed by atoms with E-state index in [4.69, 9.17) is 5.73 Å². The summed E-state index contributed by atoms with van der Waals surface area (Å²) in [5, 5.41) is 3.92. The number of aromatic amines is 1. The SMILES string of the molecule is NCc1ccccc1NC(=O)c1ccc2[nH]ccc2c1. The van der Waals surface area contributed by atoms with Crippen LogP contribution in [0.3, 0.4) is 0 Å². The van der Waals surface area contributed by atoms with Crippen molar-refractivity contribution in [3.8, 4) is 0 Å². The molecule has 0 fully saturated rings. The first-order valence-corrected chi connectivity index (χ1v) is 6.44. The molecule has 0 saturated carbocycles. The number of hydrogen-bond acceptors (Lipinski definition) is 2. The monoisotopic (exact) mass is 265 g/mol. The van der Waals surface area contributed by atoms with Gasteiger partial charge in [-0.05, 0) is 35.9 Å². The van der Waals surface area contributed by atoms with Crippen LogP contribution in [0.25, 0.3) is 10.9 Å². The Kier molecular flexibility index (Phi) is 3.23. The lowest BCUT2D eigenvalue weighted by molar-refractivity contribution is 0.102. The third-order valence-corrected chi connectivity index (χ3v) is 3.30. The summed E-state index contributed by atoms with van der Waals surface area (Å²) in [6.45, 7) is 0.396. The smallest absolute Gasteiger partial charge is 0.255 e. The molecule has 0 saturated heterocycles. The van der Waals surface area contributed by atoms with Crippen LogP contribution >= 0.6 is 0 Å². The molecule has 0 aliphatic rings. The van der Waals surface area contributed by atoms with Gasteiger partial charge in [0, 0.05) is 34.9 Å². The van der Waals surface area contributed by atoms with Crippen molar-refractivity contribution >= 4 is 22.5 Å². The molecule has 4 N–H and O–H groups in total. The van der Waals surface area contributed by atoms with E-state index in [1.165, 1.54) is 0 Å². The number of rotatable bonds is 3. The van der Waals surface area contributed by atoms with Crippen LogP contribution in [0.4, 0.5) is 5.69 Å². The number of benzene rings is 2. The zero-order valence-electron chi connectivity index (χ0n) is 10.9. The Morgan fingerprint density at radius 2 is 2.00 bits per heavy atom. The summed E-state index contributed by atoms with van der Waals surface area (Å²) < 4.78 is 0. The van der Waals surface area contributed by atoms with Crippen LogP contribution < -0.4 is 11.1 Å². The van der Waals surface area contributed by atoms with E-state index >= 15 is 0 Å². The summed E-state index contributed by atoms with van der Waals surface area (Å²) in [6.07, 6.45) is 1.86. The number of anilines is 1. The van der Waals surface area contributed by atoms with E-state index in [0.29, 0.717) is 12.1 Å². The number of carbonyl (C=O) groups is 1. The zero-order valence-corrected chi connectivity index (χ0v) is 10.9. The number of amides is 1. The fourth-order valence-electron chi connectivity index (χ4n) is 2.21. The largest absolute Gasteiger partial charge is 0.361 e. The third kappa shape index (κ3) is 2.29. The third-order valence-electron chi connectivity index (χ3n) is 3.30. The molecule has 0 unspecified atom stereocenters. The van der Waals surface area contributed by atoms with Crippen LogP contribution in [0.15, 0.2) is 54.7 Å². The maximum Gasteiger partial charge on any atom is 0.255 e. The average Bonchev–Trinajstić information content (AvgIpc) is 2.95. The molecule has 1 heterocycles. The topological polar surface area (TPSA) is 70.9 Å². The molecule has 3 aromatic rings. The molecular formula is C16H15N3O. The summed E-state index contributed by atoms with van der Waals surface area (Å²) in [6, 6.07) is 15.1. The summed E-state index contributed by atoms with van der Waals surface area (Å²) >= 11 is 0. The van der Waals surface area contributed by atoms with Gasteiger partial charge < -0.3 is 16.0 Å². The second-order valence-corrected chi connectivity index (χ2v) is 4.60. The fourth-order valence-corrected chi connectivity index (χ4v) is 2.21. The van der Waals surface area contributed by atoms with Crippen molar-refractivity contribution in [2.24, 2.45) is 5.73 Å². The highest BCUT2D eigenvalue weighted by molar-refractivity contribution is 6.06. The lowest BCUT2D eigenvalue weighted by Gasteiger charge is -2.09. The first-order valence-electron chi connectivity index (χ1n) is 6.44. The van der Waals surface area contributed by atoms with Gasteiger partial charge in [0.25, 0.3) is 5.91 Å². The van der Waals surface area contributed by atoms with Gasteiger partial charge in [0.1, 0.15) is 0 Å². The second-order valence-electron chi connectivity index (χ2n) is 4.60. The highest BCUT2D eigenvalue weighted by Crippen LogP contribution is 2.18. The van der Waals surface area contributed by atoms with Crippen molar-refractivity contribution < 1.29 is 4.79 Å². The molecule has 0 aliphatic carbocycles. The van der Waals surface area contributed by atoms with E-state index < -0.39 is 0 Å². The van der Waals surface area contributed by atoms with Gasteiger partial charge in [-0.3, -0.25) is 4.79 Å². The van der Waals surface area contributed by atoms with Gasteiger partial charge in [0.05, 0.1) is 0 Å². The number of nitrogens with two attached hydrogens (primary N) is 1. The van der Waals surface area contributed by atoms with E-state index in [2.05, 4.69) is 10.3 Å².